The van der Waals surface area contributed by atoms with E-state index in [1.807, 2.05) is 0 Å². The first-order chi connectivity index (χ1) is 13.0. The second-order valence-corrected chi connectivity index (χ2v) is 7.63. The summed E-state index contributed by atoms with van der Waals surface area (Å²) in [5, 5.41) is 60.6. The topological polar surface area (TPSA) is 175 Å². The Labute approximate surface area is 160 Å². The lowest BCUT2D eigenvalue weighted by molar-refractivity contribution is -0.351. The van der Waals surface area contributed by atoms with Crippen molar-refractivity contribution in [2.75, 3.05) is 6.61 Å². The van der Waals surface area contributed by atoms with Crippen LogP contribution >= 0.6 is 0 Å². The SMILES string of the molecule is CC(=O)O[C@@]1(C)CC(O)[C@]2(O)C=CO[C@@H](OC3O[C@H](CO)[C@H](O)[C@@H](O)[C@H]3O)[C@H]21. The quantitative estimate of drug-likeness (QED) is 0.264. The number of hydrogen-bond acceptors (Lipinski definition) is 11. The van der Waals surface area contributed by atoms with Gasteiger partial charge in [-0.1, -0.05) is 0 Å². The van der Waals surface area contributed by atoms with Crippen LogP contribution in [0.3, 0.4) is 0 Å². The van der Waals surface area contributed by atoms with E-state index >= 15 is 0 Å². The van der Waals surface area contributed by atoms with Gasteiger partial charge in [-0.05, 0) is 13.0 Å². The molecule has 3 rings (SSSR count). The normalized spacial score (nSPS) is 50.7. The molecule has 0 bridgehead atoms. The molecule has 11 heteroatoms. The van der Waals surface area contributed by atoms with Gasteiger partial charge in [0, 0.05) is 13.3 Å². The summed E-state index contributed by atoms with van der Waals surface area (Å²) in [6, 6.07) is 0. The van der Waals surface area contributed by atoms with Crippen molar-refractivity contribution in [3.05, 3.63) is 12.3 Å². The molecule has 11 nitrogen and oxygen atoms in total. The fourth-order valence-corrected chi connectivity index (χ4v) is 4.25. The second kappa shape index (κ2) is 7.50. The summed E-state index contributed by atoms with van der Waals surface area (Å²) in [7, 11) is 0. The maximum atomic E-state index is 11.6. The summed E-state index contributed by atoms with van der Waals surface area (Å²) in [6.45, 7) is 2.04. The Kier molecular flexibility index (Phi) is 5.73. The van der Waals surface area contributed by atoms with Crippen LogP contribution in [0.4, 0.5) is 0 Å². The highest BCUT2D eigenvalue weighted by molar-refractivity contribution is 5.66. The summed E-state index contributed by atoms with van der Waals surface area (Å²) >= 11 is 0. The molecule has 0 aromatic carbocycles. The molecule has 2 unspecified atom stereocenters. The first-order valence-corrected chi connectivity index (χ1v) is 8.92. The van der Waals surface area contributed by atoms with Gasteiger partial charge in [-0.25, -0.2) is 0 Å². The van der Waals surface area contributed by atoms with Gasteiger partial charge in [-0.2, -0.15) is 0 Å². The van der Waals surface area contributed by atoms with Gasteiger partial charge in [0.05, 0.1) is 24.9 Å². The van der Waals surface area contributed by atoms with E-state index in [2.05, 4.69) is 0 Å². The highest BCUT2D eigenvalue weighted by Crippen LogP contribution is 2.51. The molecule has 6 N–H and O–H groups in total. The average molecular weight is 406 g/mol. The zero-order valence-corrected chi connectivity index (χ0v) is 15.4. The van der Waals surface area contributed by atoms with Gasteiger partial charge in [0.25, 0.3) is 0 Å². The molecule has 3 aliphatic rings. The number of fused-ring (bicyclic) bond motifs is 1. The molecule has 0 aromatic rings. The summed E-state index contributed by atoms with van der Waals surface area (Å²) in [4.78, 5) is 11.6. The standard InChI is InChI=1S/C17H26O11/c1-7(19)28-16(2)5-9(20)17(24)3-4-25-15(13(16)17)27-14-12(23)11(22)10(21)8(6-18)26-14/h3-4,8-15,18,20-24H,5-6H2,1-2H3/t8-,9?,10+,11-,12-,13+,14?,15+,16+,17-/m1/s1. The monoisotopic (exact) mass is 406 g/mol. The minimum atomic E-state index is -1.85. The van der Waals surface area contributed by atoms with E-state index < -0.39 is 72.8 Å². The number of ether oxygens (including phenoxy) is 4. The molecule has 1 saturated carbocycles. The van der Waals surface area contributed by atoms with Crippen molar-refractivity contribution in [3.8, 4) is 0 Å². The molecule has 160 valence electrons. The van der Waals surface area contributed by atoms with E-state index in [0.29, 0.717) is 0 Å². The molecule has 0 radical (unpaired) electrons. The van der Waals surface area contributed by atoms with Gasteiger partial charge >= 0.3 is 5.97 Å². The van der Waals surface area contributed by atoms with E-state index in [1.54, 1.807) is 0 Å². The van der Waals surface area contributed by atoms with Gasteiger partial charge in [0.2, 0.25) is 6.29 Å². The van der Waals surface area contributed by atoms with Crippen molar-refractivity contribution in [1.82, 2.24) is 0 Å². The number of aliphatic hydroxyl groups excluding tert-OH is 5. The Morgan fingerprint density at radius 3 is 2.46 bits per heavy atom. The summed E-state index contributed by atoms with van der Waals surface area (Å²) in [6.07, 6.45) is -8.06. The molecule has 2 aliphatic heterocycles. The highest BCUT2D eigenvalue weighted by atomic mass is 16.8. The number of hydrogen-bond donors (Lipinski definition) is 6. The summed E-state index contributed by atoms with van der Waals surface area (Å²) in [5.74, 6) is -1.74. The van der Waals surface area contributed by atoms with Crippen LogP contribution in [0.15, 0.2) is 12.3 Å². The molecule has 10 atom stereocenters. The number of esters is 1. The number of carbonyl (C=O) groups excluding carboxylic acids is 1. The van der Waals surface area contributed by atoms with Crippen molar-refractivity contribution < 1.29 is 54.4 Å². The minimum absolute atomic E-state index is 0.101. The molecule has 0 amide bonds. The molecule has 0 spiro atoms. The third-order valence-electron chi connectivity index (χ3n) is 5.60. The lowest BCUT2D eigenvalue weighted by Crippen LogP contribution is -2.62. The zero-order valence-electron chi connectivity index (χ0n) is 15.4. The fraction of sp³-hybridized carbons (Fsp3) is 0.824. The van der Waals surface area contributed by atoms with E-state index in [1.165, 1.54) is 19.9 Å². The highest BCUT2D eigenvalue weighted by Gasteiger charge is 2.66. The van der Waals surface area contributed by atoms with Crippen molar-refractivity contribution in [3.63, 3.8) is 0 Å². The zero-order chi connectivity index (χ0) is 20.9. The van der Waals surface area contributed by atoms with Gasteiger partial charge < -0.3 is 49.6 Å². The predicted molar refractivity (Wildman–Crippen MR) is 88.1 cm³/mol. The van der Waals surface area contributed by atoms with Crippen LogP contribution in [0.25, 0.3) is 0 Å². The van der Waals surface area contributed by atoms with Crippen LogP contribution in [-0.4, -0.2) is 97.5 Å². The van der Waals surface area contributed by atoms with Crippen LogP contribution in [-0.2, 0) is 23.7 Å². The smallest absolute Gasteiger partial charge is 0.303 e. The molecular formula is C17H26O11. The predicted octanol–water partition coefficient (Wildman–Crippen LogP) is -2.89. The number of carbonyl (C=O) groups is 1. The van der Waals surface area contributed by atoms with Crippen LogP contribution in [0.1, 0.15) is 20.3 Å². The third-order valence-corrected chi connectivity index (χ3v) is 5.60. The fourth-order valence-electron chi connectivity index (χ4n) is 4.25. The minimum Gasteiger partial charge on any atom is -0.472 e. The van der Waals surface area contributed by atoms with Crippen molar-refractivity contribution in [2.24, 2.45) is 5.92 Å². The van der Waals surface area contributed by atoms with Gasteiger partial charge in [0.1, 0.15) is 35.6 Å². The Morgan fingerprint density at radius 2 is 1.86 bits per heavy atom. The molecule has 1 aliphatic carbocycles. The van der Waals surface area contributed by atoms with E-state index in [0.717, 1.165) is 6.26 Å². The van der Waals surface area contributed by atoms with E-state index in [9.17, 15) is 35.4 Å². The van der Waals surface area contributed by atoms with Crippen LogP contribution in [0.5, 0.6) is 0 Å². The lowest BCUT2D eigenvalue weighted by atomic mass is 9.81. The first-order valence-electron chi connectivity index (χ1n) is 8.92. The van der Waals surface area contributed by atoms with Crippen molar-refractivity contribution in [2.45, 2.75) is 74.6 Å². The molecular weight excluding hydrogens is 380 g/mol. The second-order valence-electron chi connectivity index (χ2n) is 7.63. The van der Waals surface area contributed by atoms with Gasteiger partial charge in [0.15, 0.2) is 6.29 Å². The molecule has 2 fully saturated rings. The maximum Gasteiger partial charge on any atom is 0.303 e. The van der Waals surface area contributed by atoms with Crippen molar-refractivity contribution in [1.29, 1.82) is 0 Å². The summed E-state index contributed by atoms with van der Waals surface area (Å²) in [5.41, 5.74) is -3.22. The molecule has 2 heterocycles. The van der Waals surface area contributed by atoms with Gasteiger partial charge in [-0.15, -0.1) is 0 Å². The largest absolute Gasteiger partial charge is 0.472 e. The number of aliphatic hydroxyl groups is 6. The number of rotatable bonds is 4. The third kappa shape index (κ3) is 3.42. The Bertz CT molecular complexity index is 624. The first kappa shape index (κ1) is 21.4. The summed E-state index contributed by atoms with van der Waals surface area (Å²) < 4.78 is 21.7. The van der Waals surface area contributed by atoms with Crippen LogP contribution < -0.4 is 0 Å². The van der Waals surface area contributed by atoms with E-state index in [-0.39, 0.29) is 6.42 Å². The molecule has 0 aromatic heterocycles. The average Bonchev–Trinajstić information content (AvgIpc) is 2.81. The lowest BCUT2D eigenvalue weighted by Gasteiger charge is -2.45. The van der Waals surface area contributed by atoms with Gasteiger partial charge in [-0.3, -0.25) is 4.79 Å². The molecule has 1 saturated heterocycles. The van der Waals surface area contributed by atoms with Crippen LogP contribution in [0.2, 0.25) is 0 Å². The maximum absolute atomic E-state index is 11.6. The Hall–Kier alpha value is -1.31. The van der Waals surface area contributed by atoms with Crippen LogP contribution in [0, 0.1) is 5.92 Å². The Morgan fingerprint density at radius 1 is 1.18 bits per heavy atom. The molecule has 28 heavy (non-hydrogen) atoms. The van der Waals surface area contributed by atoms with E-state index in [4.69, 9.17) is 18.9 Å². The Balaban J connectivity index is 1.87. The van der Waals surface area contributed by atoms with Crippen molar-refractivity contribution >= 4 is 5.97 Å².